The summed E-state index contributed by atoms with van der Waals surface area (Å²) >= 11 is 0. The molecule has 10 nitrogen and oxygen atoms in total. The van der Waals surface area contributed by atoms with Crippen molar-refractivity contribution >= 4 is 40.3 Å². The van der Waals surface area contributed by atoms with Gasteiger partial charge < -0.3 is 34.2 Å². The van der Waals surface area contributed by atoms with Gasteiger partial charge in [0.1, 0.15) is 17.2 Å². The lowest BCUT2D eigenvalue weighted by atomic mass is 9.90. The number of allylic oxidation sites excluding steroid dienone is 2. The fourth-order valence-electron chi connectivity index (χ4n) is 7.06. The number of fused-ring (bicyclic) bond motifs is 2. The Hall–Kier alpha value is -5.35. The second-order valence-electron chi connectivity index (χ2n) is 12.5. The smallest absolute Gasteiger partial charge is 0.258 e. The van der Waals surface area contributed by atoms with E-state index in [4.69, 9.17) is 9.47 Å². The number of aliphatic hydroxyl groups excluding tert-OH is 1. The lowest BCUT2D eigenvalue weighted by molar-refractivity contribution is -0.828. The summed E-state index contributed by atoms with van der Waals surface area (Å²) in [7, 11) is 1.31. The fraction of sp³-hybridized carbons (Fsp3) is 0.325. The van der Waals surface area contributed by atoms with Gasteiger partial charge in [0.25, 0.3) is 5.91 Å². The number of methoxy groups -OCH3 is 1. The van der Waals surface area contributed by atoms with Crippen molar-refractivity contribution in [2.45, 2.75) is 27.7 Å². The maximum atomic E-state index is 13.3. The Labute approximate surface area is 292 Å². The van der Waals surface area contributed by atoms with Gasteiger partial charge in [0.15, 0.2) is 17.4 Å². The zero-order chi connectivity index (χ0) is 35.5. The standard InChI is InChI=1S/C40H44N4O6/c1-6-41(7-2)26-14-16-30-35(22-26)50-36-23-27(42(8-3)9-4)15-17-31(36)38(30)28-12-10-11-13-29(28)39(47)43-18-20-44(21-19-43)40(48)32-24-34(46)37(49-5)25-33(32)45/h10-17,22-25,47H,6-9,18-21H2,1-5H3/p+1. The van der Waals surface area contributed by atoms with Gasteiger partial charge in [-0.25, -0.2) is 0 Å². The van der Waals surface area contributed by atoms with Crippen LogP contribution in [-0.4, -0.2) is 91.8 Å². The number of nitrogens with one attached hydrogen (secondary N) is 1. The molecular weight excluding hydrogens is 632 g/mol. The molecule has 260 valence electrons. The number of rotatable bonds is 9. The summed E-state index contributed by atoms with van der Waals surface area (Å²) in [4.78, 5) is 45.2. The van der Waals surface area contributed by atoms with E-state index in [0.29, 0.717) is 18.3 Å². The van der Waals surface area contributed by atoms with Crippen molar-refractivity contribution in [3.63, 3.8) is 0 Å². The molecule has 3 aliphatic rings. The Morgan fingerprint density at radius 1 is 0.840 bits per heavy atom. The Morgan fingerprint density at radius 2 is 1.48 bits per heavy atom. The van der Waals surface area contributed by atoms with Crippen molar-refractivity contribution in [1.82, 2.24) is 9.80 Å². The first kappa shape index (κ1) is 34.5. The third kappa shape index (κ3) is 6.38. The van der Waals surface area contributed by atoms with Crippen molar-refractivity contribution in [1.29, 1.82) is 0 Å². The summed E-state index contributed by atoms with van der Waals surface area (Å²) in [6, 6.07) is 20.6. The van der Waals surface area contributed by atoms with Crippen molar-refractivity contribution in [2.24, 2.45) is 0 Å². The van der Waals surface area contributed by atoms with Crippen molar-refractivity contribution < 1.29 is 33.9 Å². The maximum absolute atomic E-state index is 13.3. The molecule has 0 aromatic heterocycles. The minimum Gasteiger partial charge on any atom is -0.494 e. The van der Waals surface area contributed by atoms with Crippen LogP contribution < -0.4 is 25.0 Å². The number of carbonyl (C=O) groups excluding carboxylic acids is 3. The van der Waals surface area contributed by atoms with E-state index in [9.17, 15) is 19.5 Å². The highest BCUT2D eigenvalue weighted by Crippen LogP contribution is 2.44. The molecule has 0 bridgehead atoms. The molecule has 1 amide bonds. The number of quaternary nitrogens is 1. The number of anilines is 1. The van der Waals surface area contributed by atoms with Crippen LogP contribution in [0.4, 0.5) is 11.4 Å². The van der Waals surface area contributed by atoms with Crippen LogP contribution in [0, 0.1) is 0 Å². The normalized spacial score (nSPS) is 17.4. The van der Waals surface area contributed by atoms with Crippen molar-refractivity contribution in [3.8, 4) is 11.5 Å². The molecule has 0 atom stereocenters. The molecule has 0 radical (unpaired) electrons. The molecule has 1 fully saturated rings. The summed E-state index contributed by atoms with van der Waals surface area (Å²) in [5, 5.41) is 13.4. The quantitative estimate of drug-likeness (QED) is 0.206. The van der Waals surface area contributed by atoms with E-state index >= 15 is 0 Å². The first-order valence-corrected chi connectivity index (χ1v) is 17.4. The van der Waals surface area contributed by atoms with Crippen molar-refractivity contribution in [2.75, 3.05) is 64.4 Å². The highest BCUT2D eigenvalue weighted by atomic mass is 16.5. The highest BCUT2D eigenvalue weighted by Gasteiger charge is 2.32. The average Bonchev–Trinajstić information content (AvgIpc) is 3.15. The Kier molecular flexibility index (Phi) is 10.1. The molecule has 3 aromatic rings. The summed E-state index contributed by atoms with van der Waals surface area (Å²) in [5.74, 6) is -0.00861. The molecule has 2 aliphatic heterocycles. The molecule has 3 aromatic carbocycles. The molecule has 50 heavy (non-hydrogen) atoms. The fourth-order valence-corrected chi connectivity index (χ4v) is 7.06. The molecule has 1 saturated heterocycles. The molecule has 10 heteroatoms. The molecule has 2 heterocycles. The Morgan fingerprint density at radius 3 is 2.14 bits per heavy atom. The van der Waals surface area contributed by atoms with E-state index in [1.807, 2.05) is 29.2 Å². The summed E-state index contributed by atoms with van der Waals surface area (Å²) in [6.07, 6.45) is 2.11. The first-order valence-electron chi connectivity index (χ1n) is 17.4. The SMILES string of the molecule is CCN(CC)c1ccc2c(c1)Oc1cc([NH+](CC)CC)ccc1C2=c1ccccc1=C(O)N1CCN(C(=O)C2=CC(=O)C(OC)=CC2=O)CC1. The predicted molar refractivity (Wildman–Crippen MR) is 193 cm³/mol. The average molecular weight is 678 g/mol. The predicted octanol–water partition coefficient (Wildman–Crippen LogP) is 2.82. The van der Waals surface area contributed by atoms with E-state index in [2.05, 4.69) is 69.0 Å². The molecule has 0 unspecified atom stereocenters. The minimum absolute atomic E-state index is 0.0861. The van der Waals surface area contributed by atoms with Gasteiger partial charge in [-0.05, 0) is 63.2 Å². The van der Waals surface area contributed by atoms with E-state index in [-0.39, 0.29) is 30.3 Å². The molecule has 0 saturated carbocycles. The van der Waals surface area contributed by atoms with Crippen molar-refractivity contribution in [3.05, 3.63) is 106 Å². The van der Waals surface area contributed by atoms with Gasteiger partial charge in [-0.3, -0.25) is 14.4 Å². The molecule has 2 N–H and O–H groups in total. The van der Waals surface area contributed by atoms with Crippen LogP contribution in [0.25, 0.3) is 11.5 Å². The van der Waals surface area contributed by atoms with E-state index in [1.165, 1.54) is 12.0 Å². The Balaban J connectivity index is 1.41. The van der Waals surface area contributed by atoms with Gasteiger partial charge in [-0.15, -0.1) is 0 Å². The zero-order valence-electron chi connectivity index (χ0n) is 29.4. The van der Waals surface area contributed by atoms with Gasteiger partial charge >= 0.3 is 0 Å². The second kappa shape index (κ2) is 14.6. The van der Waals surface area contributed by atoms with Gasteiger partial charge in [-0.1, -0.05) is 18.2 Å². The Bertz CT molecular complexity index is 1950. The van der Waals surface area contributed by atoms with Crippen LogP contribution in [0.3, 0.4) is 0 Å². The van der Waals surface area contributed by atoms with Crippen LogP contribution >= 0.6 is 0 Å². The number of nitrogens with zero attached hydrogens (tertiary/aromatic N) is 3. The molecule has 1 aliphatic carbocycles. The van der Waals surface area contributed by atoms with Gasteiger partial charge in [0.2, 0.25) is 5.78 Å². The van der Waals surface area contributed by atoms with Crippen LogP contribution in [0.1, 0.15) is 38.8 Å². The van der Waals surface area contributed by atoms with Gasteiger partial charge in [0.05, 0.1) is 25.8 Å². The number of benzene rings is 3. The summed E-state index contributed by atoms with van der Waals surface area (Å²) in [6.45, 7) is 13.5. The molecular formula is C40H45N4O6+. The summed E-state index contributed by atoms with van der Waals surface area (Å²) in [5.41, 5.74) is 4.94. The number of hydrogen-bond acceptors (Lipinski definition) is 8. The number of amides is 1. The third-order valence-corrected chi connectivity index (χ3v) is 9.90. The third-order valence-electron chi connectivity index (χ3n) is 9.90. The lowest BCUT2D eigenvalue weighted by Gasteiger charge is -2.35. The van der Waals surface area contributed by atoms with Gasteiger partial charge in [0, 0.05) is 91.2 Å². The number of ketones is 2. The summed E-state index contributed by atoms with van der Waals surface area (Å²) < 4.78 is 11.6. The number of aliphatic hydroxyl groups is 1. The molecule has 0 spiro atoms. The maximum Gasteiger partial charge on any atom is 0.258 e. The van der Waals surface area contributed by atoms with Crippen LogP contribution in [0.5, 0.6) is 11.5 Å². The number of piperazine rings is 1. The number of carbonyl (C=O) groups is 3. The van der Waals surface area contributed by atoms with Gasteiger partial charge in [-0.2, -0.15) is 0 Å². The highest BCUT2D eigenvalue weighted by molar-refractivity contribution is 6.30. The largest absolute Gasteiger partial charge is 0.494 e. The molecule has 6 rings (SSSR count). The van der Waals surface area contributed by atoms with E-state index in [0.717, 1.165) is 83.1 Å². The zero-order valence-corrected chi connectivity index (χ0v) is 29.4. The topological polar surface area (TPSA) is 104 Å². The lowest BCUT2D eigenvalue weighted by Crippen LogP contribution is -3.06. The van der Waals surface area contributed by atoms with Crippen LogP contribution in [-0.2, 0) is 19.1 Å². The van der Waals surface area contributed by atoms with E-state index in [1.54, 1.807) is 4.90 Å². The van der Waals surface area contributed by atoms with Crippen LogP contribution in [0.15, 0.2) is 84.1 Å². The minimum atomic E-state index is -0.555. The van der Waals surface area contributed by atoms with E-state index < -0.39 is 17.5 Å². The first-order chi connectivity index (χ1) is 24.2. The monoisotopic (exact) mass is 677 g/mol. The number of ether oxygens (including phenoxy) is 2. The van der Waals surface area contributed by atoms with Crippen LogP contribution in [0.2, 0.25) is 0 Å². The number of hydrogen-bond donors (Lipinski definition) is 2. The second-order valence-corrected chi connectivity index (χ2v) is 12.5.